The normalized spacial score (nSPS) is 29.2. The molecule has 6 rings (SSSR count). The molecular formula is C39H53ClN4O6S. The van der Waals surface area contributed by atoms with Crippen LogP contribution in [0.15, 0.2) is 49.1 Å². The van der Waals surface area contributed by atoms with E-state index in [1.165, 1.54) is 6.08 Å². The number of amides is 2. The quantitative estimate of drug-likeness (QED) is 0.401. The number of rotatable bonds is 3. The molecule has 2 aromatic rings. The molecule has 3 aliphatic heterocycles. The number of aliphatic hydroxyl groups is 1. The number of anilines is 1. The Hall–Kier alpha value is -3.12. The van der Waals surface area contributed by atoms with Gasteiger partial charge in [-0.15, -0.1) is 0 Å². The molecule has 4 aliphatic rings. The van der Waals surface area contributed by atoms with E-state index in [1.54, 1.807) is 30.0 Å². The Bertz CT molecular complexity index is 1710. The second-order valence-corrected chi connectivity index (χ2v) is 17.7. The molecule has 2 aromatic carbocycles. The van der Waals surface area contributed by atoms with E-state index in [0.29, 0.717) is 82.5 Å². The Morgan fingerprint density at radius 3 is 2.55 bits per heavy atom. The van der Waals surface area contributed by atoms with Gasteiger partial charge in [0.05, 0.1) is 16.5 Å². The van der Waals surface area contributed by atoms with Gasteiger partial charge in [-0.3, -0.25) is 14.5 Å². The first kappa shape index (κ1) is 37.6. The van der Waals surface area contributed by atoms with Gasteiger partial charge in [0.2, 0.25) is 15.9 Å². The molecule has 3 heterocycles. The topological polar surface area (TPSA) is 119 Å². The molecule has 1 aliphatic carbocycles. The van der Waals surface area contributed by atoms with Crippen molar-refractivity contribution in [2.75, 3.05) is 50.7 Å². The summed E-state index contributed by atoms with van der Waals surface area (Å²) in [6, 6.07) is 11.1. The van der Waals surface area contributed by atoms with Crippen molar-refractivity contribution >= 4 is 39.1 Å². The number of nitrogens with zero attached hydrogens (tertiary/aromatic N) is 3. The minimum absolute atomic E-state index is 0.0511. The van der Waals surface area contributed by atoms with E-state index < -0.39 is 26.8 Å². The number of ether oxygens (including phenoxy) is 1. The van der Waals surface area contributed by atoms with Crippen LogP contribution in [-0.2, 0) is 27.8 Å². The van der Waals surface area contributed by atoms with Gasteiger partial charge in [0, 0.05) is 56.4 Å². The van der Waals surface area contributed by atoms with Gasteiger partial charge in [-0.2, -0.15) is 0 Å². The third-order valence-corrected chi connectivity index (χ3v) is 14.1. The number of aryl methyl sites for hydroxylation is 1. The number of sulfonamides is 1. The molecule has 5 atom stereocenters. The van der Waals surface area contributed by atoms with E-state index in [0.717, 1.165) is 48.9 Å². The van der Waals surface area contributed by atoms with E-state index in [2.05, 4.69) is 21.1 Å². The summed E-state index contributed by atoms with van der Waals surface area (Å²) in [4.78, 5) is 32.2. The average molecular weight is 741 g/mol. The zero-order valence-electron chi connectivity index (χ0n) is 30.0. The van der Waals surface area contributed by atoms with Crippen LogP contribution < -0.4 is 14.4 Å². The van der Waals surface area contributed by atoms with E-state index in [9.17, 15) is 23.1 Å². The van der Waals surface area contributed by atoms with Crippen molar-refractivity contribution in [3.8, 4) is 5.75 Å². The highest BCUT2D eigenvalue weighted by Crippen LogP contribution is 2.46. The van der Waals surface area contributed by atoms with Crippen LogP contribution in [-0.4, -0.2) is 91.8 Å². The Labute approximate surface area is 308 Å². The van der Waals surface area contributed by atoms with Crippen LogP contribution in [0.1, 0.15) is 80.3 Å². The molecule has 0 radical (unpaired) electrons. The maximum Gasteiger partial charge on any atom is 0.264 e. The first-order valence-electron chi connectivity index (χ1n) is 18.6. The Morgan fingerprint density at radius 2 is 1.82 bits per heavy atom. The zero-order valence-corrected chi connectivity index (χ0v) is 31.6. The van der Waals surface area contributed by atoms with Crippen molar-refractivity contribution in [1.82, 2.24) is 14.5 Å². The Balaban J connectivity index is 1.34. The summed E-state index contributed by atoms with van der Waals surface area (Å²) < 4.78 is 35.8. The first-order chi connectivity index (χ1) is 24.4. The van der Waals surface area contributed by atoms with E-state index >= 15 is 0 Å². The second kappa shape index (κ2) is 15.9. The fourth-order valence-electron chi connectivity index (χ4n) is 8.43. The number of benzene rings is 2. The van der Waals surface area contributed by atoms with E-state index in [4.69, 9.17) is 16.3 Å². The molecular weight excluding hydrogens is 688 g/mol. The molecule has 1 saturated carbocycles. The largest absolute Gasteiger partial charge is 0.487 e. The lowest BCUT2D eigenvalue weighted by atomic mass is 9.62. The smallest absolute Gasteiger partial charge is 0.264 e. The van der Waals surface area contributed by atoms with Gasteiger partial charge in [0.1, 0.15) is 12.4 Å². The first-order valence-corrected chi connectivity index (χ1v) is 20.5. The predicted octanol–water partition coefficient (Wildman–Crippen LogP) is 5.42. The van der Waals surface area contributed by atoms with Crippen LogP contribution in [0.4, 0.5) is 5.69 Å². The minimum atomic E-state index is -3.98. The van der Waals surface area contributed by atoms with Gasteiger partial charge in [0.15, 0.2) is 0 Å². The minimum Gasteiger partial charge on any atom is -0.487 e. The summed E-state index contributed by atoms with van der Waals surface area (Å²) in [6.45, 7) is 12.0. The van der Waals surface area contributed by atoms with Gasteiger partial charge in [-0.05, 0) is 117 Å². The second-order valence-electron chi connectivity index (χ2n) is 15.2. The highest BCUT2D eigenvalue weighted by Gasteiger charge is 2.48. The van der Waals surface area contributed by atoms with Crippen molar-refractivity contribution in [3.63, 3.8) is 0 Å². The number of β-amino-alcohol motifs (C(OH)–C–C–N with tert-alkyl or cyclic N) is 1. The van der Waals surface area contributed by atoms with Gasteiger partial charge in [0.25, 0.3) is 5.91 Å². The van der Waals surface area contributed by atoms with Crippen molar-refractivity contribution in [3.05, 3.63) is 70.8 Å². The maximum absolute atomic E-state index is 13.5. The van der Waals surface area contributed by atoms with Crippen LogP contribution in [0.2, 0.25) is 5.02 Å². The summed E-state index contributed by atoms with van der Waals surface area (Å²) in [5.74, 6) is -0.0543. The lowest BCUT2D eigenvalue weighted by Crippen LogP contribution is -2.59. The lowest BCUT2D eigenvalue weighted by molar-refractivity contribution is -0.130. The SMILES string of the molecule is C=CC(=O)N1CCN(C[C@]2(O)CCC[C@H](C)[C@@H](C)S(=O)(=O)NC(=O)c3ccc4c(c3)N(CCCCc3cc(Cl)ccc3CO4)C[C@@H]3CCC32)CC1. The Kier molecular flexibility index (Phi) is 11.7. The molecule has 12 heteroatoms. The summed E-state index contributed by atoms with van der Waals surface area (Å²) in [5, 5.41) is 12.6. The number of piperazine rings is 1. The van der Waals surface area contributed by atoms with E-state index in [1.807, 2.05) is 25.1 Å². The van der Waals surface area contributed by atoms with Crippen LogP contribution in [0.3, 0.4) is 0 Å². The van der Waals surface area contributed by atoms with Gasteiger partial charge in [-0.1, -0.05) is 37.6 Å². The summed E-state index contributed by atoms with van der Waals surface area (Å²) in [5.41, 5.74) is 2.26. The summed E-state index contributed by atoms with van der Waals surface area (Å²) in [7, 11) is -3.98. The molecule has 2 bridgehead atoms. The number of nitrogens with one attached hydrogen (secondary N) is 1. The fraction of sp³-hybridized carbons (Fsp3) is 0.590. The third kappa shape index (κ3) is 8.58. The maximum atomic E-state index is 13.5. The average Bonchev–Trinajstić information content (AvgIpc) is 3.12. The molecule has 51 heavy (non-hydrogen) atoms. The van der Waals surface area contributed by atoms with Crippen molar-refractivity contribution in [2.45, 2.75) is 82.7 Å². The molecule has 1 unspecified atom stereocenters. The molecule has 2 fully saturated rings. The van der Waals surface area contributed by atoms with E-state index in [-0.39, 0.29) is 29.2 Å². The number of carbonyl (C=O) groups is 2. The van der Waals surface area contributed by atoms with Gasteiger partial charge < -0.3 is 19.6 Å². The molecule has 10 nitrogen and oxygen atoms in total. The van der Waals surface area contributed by atoms with Crippen LogP contribution in [0.25, 0.3) is 0 Å². The lowest BCUT2D eigenvalue weighted by Gasteiger charge is -2.51. The van der Waals surface area contributed by atoms with Crippen LogP contribution in [0.5, 0.6) is 5.75 Å². The zero-order chi connectivity index (χ0) is 36.3. The molecule has 2 amide bonds. The molecule has 0 aromatic heterocycles. The molecule has 278 valence electrons. The van der Waals surface area contributed by atoms with Crippen molar-refractivity contribution < 1.29 is 27.9 Å². The number of carbonyl (C=O) groups excluding carboxylic acids is 2. The summed E-state index contributed by atoms with van der Waals surface area (Å²) >= 11 is 6.37. The number of hydrogen-bond acceptors (Lipinski definition) is 8. The van der Waals surface area contributed by atoms with Crippen LogP contribution in [0, 0.1) is 17.8 Å². The highest BCUT2D eigenvalue weighted by atomic mass is 35.5. The third-order valence-electron chi connectivity index (χ3n) is 12.0. The molecule has 0 spiro atoms. The fourth-order valence-corrected chi connectivity index (χ4v) is 9.94. The standard InChI is InChI=1S/C39H53ClN4O6S/c1-4-37(45)43-20-18-42(19-21-43)26-39(47)16-7-8-27(2)28(3)51(48,49)41-38(46)30-12-15-36-35(23-30)44(24-31-11-14-34(31)39)17-6-5-9-29-22-33(40)13-10-32(29)25-50-36/h4,10,12-13,15,22-23,27-28,31,34,47H,1,5-9,11,14,16-21,24-26H2,2-3H3,(H,41,46)/t27-,28+,31-,34?,39+/m0/s1. The van der Waals surface area contributed by atoms with Crippen molar-refractivity contribution in [1.29, 1.82) is 0 Å². The Morgan fingerprint density at radius 1 is 1.04 bits per heavy atom. The van der Waals surface area contributed by atoms with Gasteiger partial charge in [-0.25, -0.2) is 13.1 Å². The summed E-state index contributed by atoms with van der Waals surface area (Å²) in [6.07, 6.45) is 7.75. The number of hydrogen-bond donors (Lipinski definition) is 2. The number of fused-ring (bicyclic) bond motifs is 3. The monoisotopic (exact) mass is 740 g/mol. The number of halogens is 1. The van der Waals surface area contributed by atoms with Crippen LogP contribution >= 0.6 is 11.6 Å². The molecule has 2 N–H and O–H groups in total. The highest BCUT2D eigenvalue weighted by molar-refractivity contribution is 7.90. The van der Waals surface area contributed by atoms with Crippen molar-refractivity contribution in [2.24, 2.45) is 17.8 Å². The predicted molar refractivity (Wildman–Crippen MR) is 201 cm³/mol. The molecule has 1 saturated heterocycles. The van der Waals surface area contributed by atoms with Gasteiger partial charge >= 0.3 is 0 Å².